The molecule has 1 aliphatic heterocycles. The van der Waals surface area contributed by atoms with Gasteiger partial charge in [0, 0.05) is 22.9 Å². The molecular weight excluding hydrogens is 404 g/mol. The van der Waals surface area contributed by atoms with E-state index in [9.17, 15) is 19.7 Å². The van der Waals surface area contributed by atoms with Gasteiger partial charge in [-0.3, -0.25) is 19.7 Å². The molecule has 144 valence electrons. The van der Waals surface area contributed by atoms with E-state index in [1.54, 1.807) is 25.1 Å². The lowest BCUT2D eigenvalue weighted by Crippen LogP contribution is -2.32. The highest BCUT2D eigenvalue weighted by Crippen LogP contribution is 2.40. The summed E-state index contributed by atoms with van der Waals surface area (Å²) in [6.07, 6.45) is 0. The van der Waals surface area contributed by atoms with Gasteiger partial charge in [0.2, 0.25) is 0 Å². The molecule has 0 aromatic heterocycles. The van der Waals surface area contributed by atoms with Gasteiger partial charge in [0.15, 0.2) is 0 Å². The summed E-state index contributed by atoms with van der Waals surface area (Å²) in [5.74, 6) is -0.820. The van der Waals surface area contributed by atoms with E-state index in [1.165, 1.54) is 24.3 Å². The quantitative estimate of drug-likeness (QED) is 0.437. The van der Waals surface area contributed by atoms with Crippen LogP contribution in [0.1, 0.15) is 11.1 Å². The summed E-state index contributed by atoms with van der Waals surface area (Å²) in [6, 6.07) is 10.3. The number of anilines is 1. The van der Waals surface area contributed by atoms with Crippen LogP contribution >= 0.6 is 23.4 Å². The third-order valence-corrected chi connectivity index (χ3v) is 5.45. The smallest absolute Gasteiger partial charge is 0.272 e. The van der Waals surface area contributed by atoms with Gasteiger partial charge in [-0.25, -0.2) is 4.90 Å². The van der Waals surface area contributed by atoms with Gasteiger partial charge in [0.05, 0.1) is 27.7 Å². The van der Waals surface area contributed by atoms with Crippen molar-refractivity contribution in [2.75, 3.05) is 17.3 Å². The zero-order valence-corrected chi connectivity index (χ0v) is 16.3. The van der Waals surface area contributed by atoms with E-state index in [4.69, 9.17) is 16.7 Å². The molecule has 0 saturated heterocycles. The molecule has 0 unspecified atom stereocenters. The molecule has 1 aliphatic rings. The summed E-state index contributed by atoms with van der Waals surface area (Å²) in [5, 5.41) is 20.4. The second-order valence-electron chi connectivity index (χ2n) is 5.96. The highest BCUT2D eigenvalue weighted by atomic mass is 35.5. The zero-order chi connectivity index (χ0) is 20.4. The minimum absolute atomic E-state index is 0.117. The largest absolute Gasteiger partial charge is 0.396 e. The molecule has 0 aliphatic carbocycles. The molecule has 0 atom stereocenters. The Bertz CT molecular complexity index is 1000. The van der Waals surface area contributed by atoms with Crippen molar-refractivity contribution in [2.45, 2.75) is 6.92 Å². The molecule has 1 heterocycles. The van der Waals surface area contributed by atoms with E-state index >= 15 is 0 Å². The molecule has 2 aromatic rings. The van der Waals surface area contributed by atoms with E-state index in [0.29, 0.717) is 21.8 Å². The SMILES string of the molecule is Cc1ccc(Cl)cc1N1C(=O)C(SCCO)=C(c2ccc([N+](=O)[O-])cc2)C1=O. The summed E-state index contributed by atoms with van der Waals surface area (Å²) < 4.78 is 0. The lowest BCUT2D eigenvalue weighted by atomic mass is 10.1. The molecule has 7 nitrogen and oxygen atoms in total. The number of aryl methyl sites for hydroxylation is 1. The van der Waals surface area contributed by atoms with Crippen molar-refractivity contribution in [3.8, 4) is 0 Å². The Morgan fingerprint density at radius 2 is 1.82 bits per heavy atom. The summed E-state index contributed by atoms with van der Waals surface area (Å²) in [6.45, 7) is 1.59. The predicted octanol–water partition coefficient (Wildman–Crippen LogP) is 3.57. The van der Waals surface area contributed by atoms with Gasteiger partial charge in [-0.05, 0) is 42.3 Å². The van der Waals surface area contributed by atoms with Crippen molar-refractivity contribution >= 4 is 52.1 Å². The molecule has 9 heteroatoms. The average molecular weight is 419 g/mol. The van der Waals surface area contributed by atoms with Crippen LogP contribution < -0.4 is 4.90 Å². The standard InChI is InChI=1S/C19H15ClN2O5S/c1-11-2-5-13(20)10-15(11)21-18(24)16(17(19(21)25)28-9-8-23)12-3-6-14(7-4-12)22(26)27/h2-7,10,23H,8-9H2,1H3. The van der Waals surface area contributed by atoms with Crippen molar-refractivity contribution in [3.05, 3.63) is 73.6 Å². The normalized spacial score (nSPS) is 14.2. The first-order valence-electron chi connectivity index (χ1n) is 8.23. The molecule has 0 radical (unpaired) electrons. The first-order valence-corrected chi connectivity index (χ1v) is 9.59. The summed E-state index contributed by atoms with van der Waals surface area (Å²) in [5.41, 5.74) is 1.50. The van der Waals surface area contributed by atoms with Gasteiger partial charge in [0.1, 0.15) is 0 Å². The molecule has 3 rings (SSSR count). The first kappa shape index (κ1) is 20.1. The second-order valence-corrected chi connectivity index (χ2v) is 7.50. The van der Waals surface area contributed by atoms with Crippen molar-refractivity contribution in [1.82, 2.24) is 0 Å². The van der Waals surface area contributed by atoms with Gasteiger partial charge in [-0.1, -0.05) is 17.7 Å². The van der Waals surface area contributed by atoms with Crippen LogP contribution in [0.5, 0.6) is 0 Å². The topological polar surface area (TPSA) is 101 Å². The van der Waals surface area contributed by atoms with E-state index in [-0.39, 0.29) is 28.5 Å². The molecule has 0 spiro atoms. The Morgan fingerprint density at radius 1 is 1.14 bits per heavy atom. The summed E-state index contributed by atoms with van der Waals surface area (Å²) in [4.78, 5) is 37.8. The molecule has 1 N–H and O–H groups in total. The number of imide groups is 1. The van der Waals surface area contributed by atoms with Crippen LogP contribution in [-0.4, -0.2) is 34.2 Å². The number of non-ortho nitro benzene ring substituents is 1. The number of nitrogens with zero attached hydrogens (tertiary/aromatic N) is 2. The number of benzene rings is 2. The van der Waals surface area contributed by atoms with Crippen LogP contribution in [0.15, 0.2) is 47.4 Å². The minimum atomic E-state index is -0.539. The summed E-state index contributed by atoms with van der Waals surface area (Å²) >= 11 is 7.11. The highest BCUT2D eigenvalue weighted by molar-refractivity contribution is 8.04. The molecule has 0 bridgehead atoms. The maximum atomic E-state index is 13.2. The van der Waals surface area contributed by atoms with Gasteiger partial charge in [-0.2, -0.15) is 0 Å². The third kappa shape index (κ3) is 3.66. The Hall–Kier alpha value is -2.68. The number of carbonyl (C=O) groups is 2. The number of amides is 2. The number of rotatable bonds is 6. The number of hydrogen-bond donors (Lipinski definition) is 1. The van der Waals surface area contributed by atoms with E-state index in [2.05, 4.69) is 0 Å². The molecule has 0 fully saturated rings. The van der Waals surface area contributed by atoms with Crippen LogP contribution in [0.3, 0.4) is 0 Å². The number of aliphatic hydroxyl groups excluding tert-OH is 1. The van der Waals surface area contributed by atoms with Crippen LogP contribution in [0.4, 0.5) is 11.4 Å². The Morgan fingerprint density at radius 3 is 2.43 bits per heavy atom. The fraction of sp³-hybridized carbons (Fsp3) is 0.158. The number of nitro groups is 1. The zero-order valence-electron chi connectivity index (χ0n) is 14.7. The number of thioether (sulfide) groups is 1. The predicted molar refractivity (Wildman–Crippen MR) is 108 cm³/mol. The van der Waals surface area contributed by atoms with Gasteiger partial charge < -0.3 is 5.11 Å². The highest BCUT2D eigenvalue weighted by Gasteiger charge is 2.40. The summed E-state index contributed by atoms with van der Waals surface area (Å²) in [7, 11) is 0. The molecular formula is C19H15ClN2O5S. The van der Waals surface area contributed by atoms with Crippen molar-refractivity contribution in [2.24, 2.45) is 0 Å². The first-order chi connectivity index (χ1) is 13.3. The fourth-order valence-electron chi connectivity index (χ4n) is 2.84. The number of hydrogen-bond acceptors (Lipinski definition) is 6. The van der Waals surface area contributed by atoms with Crippen LogP contribution in [-0.2, 0) is 9.59 Å². The maximum Gasteiger partial charge on any atom is 0.272 e. The lowest BCUT2D eigenvalue weighted by Gasteiger charge is -2.18. The Kier molecular flexibility index (Phi) is 5.83. The van der Waals surface area contributed by atoms with Gasteiger partial charge >= 0.3 is 0 Å². The Balaban J connectivity index is 2.10. The third-order valence-electron chi connectivity index (χ3n) is 4.16. The van der Waals surface area contributed by atoms with E-state index in [1.807, 2.05) is 0 Å². The van der Waals surface area contributed by atoms with E-state index in [0.717, 1.165) is 16.7 Å². The number of nitro benzene ring substituents is 1. The van der Waals surface area contributed by atoms with Crippen LogP contribution in [0.25, 0.3) is 5.57 Å². The number of aliphatic hydroxyl groups is 1. The van der Waals surface area contributed by atoms with E-state index < -0.39 is 16.7 Å². The number of halogens is 1. The van der Waals surface area contributed by atoms with Crippen LogP contribution in [0.2, 0.25) is 5.02 Å². The molecule has 2 amide bonds. The minimum Gasteiger partial charge on any atom is -0.396 e. The second kappa shape index (κ2) is 8.14. The average Bonchev–Trinajstić information content (AvgIpc) is 2.92. The molecule has 0 saturated carbocycles. The van der Waals surface area contributed by atoms with Crippen molar-refractivity contribution in [3.63, 3.8) is 0 Å². The molecule has 28 heavy (non-hydrogen) atoms. The van der Waals surface area contributed by atoms with Crippen LogP contribution in [0, 0.1) is 17.0 Å². The van der Waals surface area contributed by atoms with Crippen molar-refractivity contribution in [1.29, 1.82) is 0 Å². The number of carbonyl (C=O) groups excluding carboxylic acids is 2. The Labute approximate surface area is 169 Å². The van der Waals surface area contributed by atoms with Gasteiger partial charge in [0.25, 0.3) is 17.5 Å². The van der Waals surface area contributed by atoms with Crippen molar-refractivity contribution < 1.29 is 19.6 Å². The fourth-order valence-corrected chi connectivity index (χ4v) is 3.86. The maximum absolute atomic E-state index is 13.2. The lowest BCUT2D eigenvalue weighted by molar-refractivity contribution is -0.384. The molecule has 2 aromatic carbocycles. The van der Waals surface area contributed by atoms with Gasteiger partial charge in [-0.15, -0.1) is 11.8 Å². The monoisotopic (exact) mass is 418 g/mol.